The average molecular weight is 519 g/mol. The maximum atomic E-state index is 5.21. The number of hydrogen-bond donors (Lipinski definition) is 0. The molecule has 0 radical (unpaired) electrons. The van der Waals surface area contributed by atoms with Gasteiger partial charge in [0.05, 0.1) is 13.2 Å². The number of likely N-dealkylation sites (tertiary alicyclic amines) is 1. The van der Waals surface area contributed by atoms with E-state index in [0.717, 1.165) is 38.4 Å². The van der Waals surface area contributed by atoms with Crippen LogP contribution in [0.5, 0.6) is 0 Å². The van der Waals surface area contributed by atoms with E-state index in [9.17, 15) is 0 Å². The molecule has 0 amide bonds. The summed E-state index contributed by atoms with van der Waals surface area (Å²) in [7, 11) is 2.19. The number of nitrogens with zero attached hydrogens (tertiary/aromatic N) is 4. The molecule has 36 heavy (non-hydrogen) atoms. The lowest BCUT2D eigenvalue weighted by Crippen LogP contribution is -2.55. The van der Waals surface area contributed by atoms with E-state index in [0.29, 0.717) is 11.5 Å². The lowest BCUT2D eigenvalue weighted by atomic mass is 9.83. The molecule has 0 spiro atoms. The van der Waals surface area contributed by atoms with Crippen molar-refractivity contribution in [2.24, 2.45) is 5.41 Å². The highest BCUT2D eigenvalue weighted by atomic mass is 16.5. The van der Waals surface area contributed by atoms with E-state index in [-0.39, 0.29) is 0 Å². The van der Waals surface area contributed by atoms with Crippen LogP contribution < -0.4 is 0 Å². The molecule has 3 saturated heterocycles. The molecular formula is C31H74N4O. The fourth-order valence-corrected chi connectivity index (χ4v) is 3.85. The lowest BCUT2D eigenvalue weighted by molar-refractivity contribution is 0.00572. The van der Waals surface area contributed by atoms with Gasteiger partial charge in [0, 0.05) is 70.5 Å². The molecule has 0 aliphatic carbocycles. The van der Waals surface area contributed by atoms with Crippen molar-refractivity contribution in [2.45, 2.75) is 129 Å². The topological polar surface area (TPSA) is 22.2 Å². The Morgan fingerprint density at radius 1 is 0.500 bits per heavy atom. The second kappa shape index (κ2) is 27.8. The molecule has 0 aromatic heterocycles. The Labute approximate surface area is 231 Å². The van der Waals surface area contributed by atoms with Crippen LogP contribution in [0.3, 0.4) is 0 Å². The van der Waals surface area contributed by atoms with E-state index in [4.69, 9.17) is 4.74 Å². The highest BCUT2D eigenvalue weighted by Crippen LogP contribution is 2.29. The summed E-state index contributed by atoms with van der Waals surface area (Å²) in [6.45, 7) is 45.7. The molecule has 3 rings (SSSR count). The number of ether oxygens (including phenoxy) is 1. The molecule has 5 heteroatoms. The maximum absolute atomic E-state index is 5.21. The van der Waals surface area contributed by atoms with Gasteiger partial charge in [0.1, 0.15) is 0 Å². The van der Waals surface area contributed by atoms with Gasteiger partial charge in [0.25, 0.3) is 0 Å². The minimum Gasteiger partial charge on any atom is -0.379 e. The quantitative estimate of drug-likeness (QED) is 0.392. The van der Waals surface area contributed by atoms with Crippen LogP contribution in [-0.2, 0) is 4.74 Å². The van der Waals surface area contributed by atoms with Crippen LogP contribution in [0.4, 0.5) is 0 Å². The molecule has 0 N–H and O–H groups in total. The zero-order valence-corrected chi connectivity index (χ0v) is 28.5. The Hall–Kier alpha value is -0.200. The summed E-state index contributed by atoms with van der Waals surface area (Å²) in [4.78, 5) is 9.85. The molecule has 0 aromatic carbocycles. The Bertz CT molecular complexity index is 391. The minimum atomic E-state index is 0.601. The van der Waals surface area contributed by atoms with Crippen molar-refractivity contribution < 1.29 is 4.74 Å². The SMILES string of the molecule is CC.CC.CC.CC.CC(C)N1CC(C)(C)C1.CC(C)N1CCN(C)CC1.CC(C)N1CCOCC1. The Kier molecular flexibility index (Phi) is 33.1. The second-order valence-electron chi connectivity index (χ2n) is 10.3. The Balaban J connectivity index is -0.000000187. The third-order valence-corrected chi connectivity index (χ3v) is 6.04. The predicted octanol–water partition coefficient (Wildman–Crippen LogP) is 7.21. The number of morpholine rings is 1. The van der Waals surface area contributed by atoms with E-state index in [1.807, 2.05) is 55.4 Å². The highest BCUT2D eigenvalue weighted by molar-refractivity contribution is 4.88. The van der Waals surface area contributed by atoms with Crippen LogP contribution in [0.1, 0.15) is 111 Å². The van der Waals surface area contributed by atoms with Crippen LogP contribution in [0, 0.1) is 5.41 Å². The fraction of sp³-hybridized carbons (Fsp3) is 1.00. The standard InChI is InChI=1S/C8H18N2.C8H17N.C7H15NO.4C2H6/c1-8(2)10-6-4-9(3)5-7-10;1-7(2)9-5-8(3,4)6-9;1-7(2)8-3-5-9-6-4-8;4*1-2/h8H,4-7H2,1-3H3;7H,5-6H2,1-4H3;7H,3-6H2,1-2H3;4*1-2H3. The van der Waals surface area contributed by atoms with Crippen LogP contribution in [0.15, 0.2) is 0 Å². The first-order chi connectivity index (χ1) is 17.0. The first-order valence-corrected chi connectivity index (χ1v) is 15.5. The molecule has 3 fully saturated rings. The van der Waals surface area contributed by atoms with Crippen molar-refractivity contribution in [1.82, 2.24) is 19.6 Å². The molecule has 5 nitrogen and oxygen atoms in total. The molecule has 0 atom stereocenters. The lowest BCUT2D eigenvalue weighted by Gasteiger charge is -2.48. The molecule has 3 heterocycles. The first kappa shape index (κ1) is 42.9. The van der Waals surface area contributed by atoms with Crippen LogP contribution in [0.2, 0.25) is 0 Å². The van der Waals surface area contributed by atoms with Crippen molar-refractivity contribution >= 4 is 0 Å². The third-order valence-electron chi connectivity index (χ3n) is 6.04. The van der Waals surface area contributed by atoms with Crippen molar-refractivity contribution in [1.29, 1.82) is 0 Å². The van der Waals surface area contributed by atoms with Gasteiger partial charge in [-0.15, -0.1) is 0 Å². The Morgan fingerprint density at radius 3 is 1.03 bits per heavy atom. The van der Waals surface area contributed by atoms with E-state index in [2.05, 4.69) is 82.0 Å². The van der Waals surface area contributed by atoms with Crippen molar-refractivity contribution in [3.8, 4) is 0 Å². The smallest absolute Gasteiger partial charge is 0.0594 e. The number of rotatable bonds is 3. The molecule has 224 valence electrons. The summed E-state index contributed by atoms with van der Waals surface area (Å²) in [5.41, 5.74) is 0.601. The van der Waals surface area contributed by atoms with Crippen molar-refractivity contribution in [3.63, 3.8) is 0 Å². The van der Waals surface area contributed by atoms with Gasteiger partial charge >= 0.3 is 0 Å². The fourth-order valence-electron chi connectivity index (χ4n) is 3.85. The molecule has 0 unspecified atom stereocenters. The summed E-state index contributed by atoms with van der Waals surface area (Å²) in [5, 5.41) is 0. The summed E-state index contributed by atoms with van der Waals surface area (Å²) in [6.07, 6.45) is 0. The zero-order chi connectivity index (χ0) is 29.3. The molecule has 0 saturated carbocycles. The largest absolute Gasteiger partial charge is 0.379 e. The van der Waals surface area contributed by atoms with Crippen LogP contribution in [-0.4, -0.2) is 110 Å². The van der Waals surface area contributed by atoms with E-state index in [1.165, 1.54) is 39.3 Å². The van der Waals surface area contributed by atoms with Gasteiger partial charge in [-0.25, -0.2) is 0 Å². The summed E-state index contributed by atoms with van der Waals surface area (Å²) < 4.78 is 5.21. The van der Waals surface area contributed by atoms with E-state index in [1.54, 1.807) is 0 Å². The van der Waals surface area contributed by atoms with Gasteiger partial charge in [0.15, 0.2) is 0 Å². The number of hydrogen-bond acceptors (Lipinski definition) is 5. The molecule has 0 aromatic rings. The monoisotopic (exact) mass is 519 g/mol. The highest BCUT2D eigenvalue weighted by Gasteiger charge is 2.34. The van der Waals surface area contributed by atoms with Gasteiger partial charge in [-0.2, -0.15) is 0 Å². The van der Waals surface area contributed by atoms with Gasteiger partial charge < -0.3 is 9.64 Å². The van der Waals surface area contributed by atoms with E-state index < -0.39 is 0 Å². The van der Waals surface area contributed by atoms with Crippen LogP contribution in [0.25, 0.3) is 0 Å². The van der Waals surface area contributed by atoms with Gasteiger partial charge in [-0.05, 0) is 54.0 Å². The molecule has 3 aliphatic heterocycles. The van der Waals surface area contributed by atoms with E-state index >= 15 is 0 Å². The normalized spacial score (nSPS) is 19.7. The average Bonchev–Trinajstić information content (AvgIpc) is 2.89. The molecular weight excluding hydrogens is 444 g/mol. The van der Waals surface area contributed by atoms with Crippen molar-refractivity contribution in [3.05, 3.63) is 0 Å². The molecule has 3 aliphatic rings. The number of piperazine rings is 1. The number of likely N-dealkylation sites (N-methyl/N-ethyl adjacent to an activating group) is 1. The van der Waals surface area contributed by atoms with Gasteiger partial charge in [-0.3, -0.25) is 14.7 Å². The Morgan fingerprint density at radius 2 is 0.806 bits per heavy atom. The maximum Gasteiger partial charge on any atom is 0.0594 e. The third kappa shape index (κ3) is 23.0. The van der Waals surface area contributed by atoms with Crippen molar-refractivity contribution in [2.75, 3.05) is 72.6 Å². The summed E-state index contributed by atoms with van der Waals surface area (Å²) >= 11 is 0. The van der Waals surface area contributed by atoms with Gasteiger partial charge in [0.2, 0.25) is 0 Å². The van der Waals surface area contributed by atoms with Crippen LogP contribution >= 0.6 is 0 Å². The minimum absolute atomic E-state index is 0.601. The summed E-state index contributed by atoms with van der Waals surface area (Å²) in [5.74, 6) is 0. The second-order valence-corrected chi connectivity index (χ2v) is 10.3. The zero-order valence-electron chi connectivity index (χ0n) is 28.5. The van der Waals surface area contributed by atoms with Gasteiger partial charge in [-0.1, -0.05) is 69.2 Å². The predicted molar refractivity (Wildman–Crippen MR) is 168 cm³/mol. The first-order valence-electron chi connectivity index (χ1n) is 15.5. The molecule has 0 bridgehead atoms. The summed E-state index contributed by atoms with van der Waals surface area (Å²) in [6, 6.07) is 2.17.